The second kappa shape index (κ2) is 61.0. The molecular formula is C72H123N2O6P. The van der Waals surface area contributed by atoms with Crippen LogP contribution < -0.4 is 10.2 Å². The van der Waals surface area contributed by atoms with Crippen molar-refractivity contribution in [3.63, 3.8) is 0 Å². The van der Waals surface area contributed by atoms with E-state index < -0.39 is 26.6 Å². The van der Waals surface area contributed by atoms with E-state index in [4.69, 9.17) is 9.05 Å². The predicted octanol–water partition coefficient (Wildman–Crippen LogP) is 20.2. The standard InChI is InChI=1S/C72H123N2O6P/c1-6-8-10-12-14-16-18-20-22-24-26-27-28-29-30-31-32-33-34-35-36-37-38-39-40-41-42-43-44-45-46-47-48-50-52-54-56-58-60-62-64-66-72(76)73-70(69-80-81(77,78)79-68-67-74(3,4)5)71(75)65-63-61-59-57-55-53-51-49-25-23-21-19-17-15-13-11-9-7-2/h8,10,14,16,20,22,26-27,29-30,32-33,35-36,38-39,41-42,44-45,47-48,63,65,70-71,75H,6-7,9,11-13,15,17-19,21,23-25,28,31,34,37,40,43,46,49-62,64,66-69H2,1-5H3,(H-,73,76,77,78)/b10-8-,16-14-,22-20-,27-26-,30-29-,33-32-,36-35-,39-38-,42-41-,45-44-,48-47-,65-63+. The number of rotatable bonds is 58. The zero-order valence-corrected chi connectivity index (χ0v) is 53.6. The molecule has 0 aliphatic carbocycles. The van der Waals surface area contributed by atoms with Gasteiger partial charge in [-0.3, -0.25) is 9.36 Å². The van der Waals surface area contributed by atoms with Crippen molar-refractivity contribution < 1.29 is 32.9 Å². The molecule has 0 rings (SSSR count). The highest BCUT2D eigenvalue weighted by molar-refractivity contribution is 7.45. The number of aliphatic hydroxyl groups excluding tert-OH is 1. The van der Waals surface area contributed by atoms with Crippen LogP contribution in [0, 0.1) is 0 Å². The van der Waals surface area contributed by atoms with Crippen molar-refractivity contribution in [2.45, 2.75) is 264 Å². The molecule has 2 N–H and O–H groups in total. The third kappa shape index (κ3) is 63.8. The number of phosphoric ester groups is 1. The topological polar surface area (TPSA) is 108 Å². The summed E-state index contributed by atoms with van der Waals surface area (Å²) in [6.45, 7) is 4.52. The van der Waals surface area contributed by atoms with Gasteiger partial charge in [0, 0.05) is 6.42 Å². The Morgan fingerprint density at radius 1 is 0.444 bits per heavy atom. The minimum atomic E-state index is -4.61. The van der Waals surface area contributed by atoms with Crippen LogP contribution in [0.15, 0.2) is 146 Å². The number of likely N-dealkylation sites (N-methyl/N-ethyl adjacent to an activating group) is 1. The van der Waals surface area contributed by atoms with Crippen LogP contribution in [0.5, 0.6) is 0 Å². The first-order chi connectivity index (χ1) is 39.5. The van der Waals surface area contributed by atoms with Crippen LogP contribution in [-0.2, 0) is 18.4 Å². The summed E-state index contributed by atoms with van der Waals surface area (Å²) in [6, 6.07) is -0.903. The highest BCUT2D eigenvalue weighted by Crippen LogP contribution is 2.38. The number of quaternary nitrogens is 1. The summed E-state index contributed by atoms with van der Waals surface area (Å²) in [4.78, 5) is 25.6. The van der Waals surface area contributed by atoms with Crippen LogP contribution in [0.25, 0.3) is 0 Å². The Labute approximate surface area is 499 Å². The molecule has 0 aromatic carbocycles. The summed E-state index contributed by atoms with van der Waals surface area (Å²) in [5.74, 6) is -0.213. The Kier molecular flexibility index (Phi) is 58.2. The lowest BCUT2D eigenvalue weighted by molar-refractivity contribution is -0.870. The van der Waals surface area contributed by atoms with Crippen molar-refractivity contribution in [1.82, 2.24) is 5.32 Å². The molecule has 0 spiro atoms. The van der Waals surface area contributed by atoms with Gasteiger partial charge >= 0.3 is 0 Å². The highest BCUT2D eigenvalue weighted by atomic mass is 31.2. The van der Waals surface area contributed by atoms with E-state index in [0.717, 1.165) is 122 Å². The van der Waals surface area contributed by atoms with Gasteiger partial charge in [-0.05, 0) is 103 Å². The number of carbonyl (C=O) groups is 1. The van der Waals surface area contributed by atoms with Gasteiger partial charge in [-0.15, -0.1) is 0 Å². The van der Waals surface area contributed by atoms with Gasteiger partial charge in [0.2, 0.25) is 5.91 Å². The number of aliphatic hydroxyl groups is 1. The first kappa shape index (κ1) is 77.4. The smallest absolute Gasteiger partial charge is 0.268 e. The van der Waals surface area contributed by atoms with Crippen LogP contribution in [0.3, 0.4) is 0 Å². The molecule has 0 aromatic rings. The van der Waals surface area contributed by atoms with Crippen molar-refractivity contribution in [2.75, 3.05) is 40.9 Å². The molecule has 1 amide bonds. The maximum atomic E-state index is 13.0. The molecule has 462 valence electrons. The molecule has 0 saturated heterocycles. The second-order valence-electron chi connectivity index (χ2n) is 22.7. The van der Waals surface area contributed by atoms with E-state index in [1.807, 2.05) is 27.2 Å². The van der Waals surface area contributed by atoms with Gasteiger partial charge in [0.1, 0.15) is 13.2 Å². The first-order valence-corrected chi connectivity index (χ1v) is 34.2. The highest BCUT2D eigenvalue weighted by Gasteiger charge is 2.23. The van der Waals surface area contributed by atoms with Crippen molar-refractivity contribution in [1.29, 1.82) is 0 Å². The van der Waals surface area contributed by atoms with Gasteiger partial charge < -0.3 is 28.8 Å². The van der Waals surface area contributed by atoms with Gasteiger partial charge in [0.05, 0.1) is 39.9 Å². The molecule has 9 heteroatoms. The van der Waals surface area contributed by atoms with E-state index in [1.165, 1.54) is 109 Å². The van der Waals surface area contributed by atoms with Crippen molar-refractivity contribution >= 4 is 13.7 Å². The largest absolute Gasteiger partial charge is 0.756 e. The Morgan fingerprint density at radius 2 is 0.753 bits per heavy atom. The van der Waals surface area contributed by atoms with Gasteiger partial charge in [0.15, 0.2) is 0 Å². The van der Waals surface area contributed by atoms with E-state index in [2.05, 4.69) is 153 Å². The molecule has 0 aromatic heterocycles. The lowest BCUT2D eigenvalue weighted by atomic mass is 10.0. The van der Waals surface area contributed by atoms with Crippen LogP contribution in [0.1, 0.15) is 251 Å². The third-order valence-electron chi connectivity index (χ3n) is 13.8. The lowest BCUT2D eigenvalue weighted by Gasteiger charge is -2.29. The minimum Gasteiger partial charge on any atom is -0.756 e. The van der Waals surface area contributed by atoms with Crippen LogP contribution >= 0.6 is 7.82 Å². The van der Waals surface area contributed by atoms with E-state index in [1.54, 1.807) is 6.08 Å². The van der Waals surface area contributed by atoms with E-state index in [-0.39, 0.29) is 12.5 Å². The number of phosphoric acid groups is 1. The van der Waals surface area contributed by atoms with Gasteiger partial charge in [-0.2, -0.15) is 0 Å². The zero-order chi connectivity index (χ0) is 59.1. The van der Waals surface area contributed by atoms with E-state index in [9.17, 15) is 19.4 Å². The summed E-state index contributed by atoms with van der Waals surface area (Å²) >= 11 is 0. The SMILES string of the molecule is CC/C=C\C/C=C\C/C=C\C/C=C\C/C=C\C/C=C\C/C=C\C/C=C\C/C=C\C/C=C\C/C=C\CCCCCCCCCC(=O)NC(COP(=O)([O-])OCC[N+](C)(C)C)C(O)/C=C/CCCCCCCCCCCCCCCCCC. The predicted molar refractivity (Wildman–Crippen MR) is 352 cm³/mol. The Morgan fingerprint density at radius 3 is 1.10 bits per heavy atom. The fraction of sp³-hybridized carbons (Fsp3) is 0.653. The zero-order valence-electron chi connectivity index (χ0n) is 52.7. The normalized spacial score (nSPS) is 14.7. The molecule has 81 heavy (non-hydrogen) atoms. The first-order valence-electron chi connectivity index (χ1n) is 32.7. The molecular weight excluding hydrogens is 1020 g/mol. The van der Waals surface area contributed by atoms with Gasteiger partial charge in [0.25, 0.3) is 7.82 Å². The fourth-order valence-electron chi connectivity index (χ4n) is 8.75. The molecule has 0 fully saturated rings. The van der Waals surface area contributed by atoms with Crippen LogP contribution in [0.2, 0.25) is 0 Å². The summed E-state index contributed by atoms with van der Waals surface area (Å²) in [6.07, 6.45) is 93.7. The number of nitrogens with one attached hydrogen (secondary N) is 1. The maximum Gasteiger partial charge on any atom is 0.268 e. The van der Waals surface area contributed by atoms with Crippen LogP contribution in [-0.4, -0.2) is 68.5 Å². The number of hydrogen-bond acceptors (Lipinski definition) is 6. The van der Waals surface area contributed by atoms with Crippen molar-refractivity contribution in [3.05, 3.63) is 146 Å². The average molecular weight is 1140 g/mol. The number of carbonyl (C=O) groups excluding carboxylic acids is 1. The van der Waals surface area contributed by atoms with Gasteiger partial charge in [-0.25, -0.2) is 0 Å². The molecule has 0 heterocycles. The third-order valence-corrected chi connectivity index (χ3v) is 14.8. The number of amides is 1. The quantitative estimate of drug-likeness (QED) is 0.0272. The van der Waals surface area contributed by atoms with Crippen molar-refractivity contribution in [3.8, 4) is 0 Å². The molecule has 0 bridgehead atoms. The van der Waals surface area contributed by atoms with E-state index in [0.29, 0.717) is 17.4 Å². The Hall–Kier alpha value is -3.62. The molecule has 0 aliphatic heterocycles. The molecule has 3 unspecified atom stereocenters. The number of allylic oxidation sites excluding steroid dienone is 23. The summed E-state index contributed by atoms with van der Waals surface area (Å²) in [7, 11) is 1.24. The minimum absolute atomic E-state index is 0.0101. The van der Waals surface area contributed by atoms with E-state index >= 15 is 0 Å². The fourth-order valence-corrected chi connectivity index (χ4v) is 9.47. The number of hydrogen-bond donors (Lipinski definition) is 2. The summed E-state index contributed by atoms with van der Waals surface area (Å²) in [5, 5.41) is 13.9. The molecule has 3 atom stereocenters. The Bertz CT molecular complexity index is 1830. The molecule has 0 radical (unpaired) electrons. The molecule has 0 saturated carbocycles. The second-order valence-corrected chi connectivity index (χ2v) is 24.1. The average Bonchev–Trinajstić information content (AvgIpc) is 3.43. The summed E-state index contributed by atoms with van der Waals surface area (Å²) in [5.41, 5.74) is 0. The lowest BCUT2D eigenvalue weighted by Crippen LogP contribution is -2.45. The van der Waals surface area contributed by atoms with Crippen LogP contribution in [0.4, 0.5) is 0 Å². The maximum absolute atomic E-state index is 13.0. The Balaban J connectivity index is 4.16. The molecule has 8 nitrogen and oxygen atoms in total. The molecule has 0 aliphatic rings. The number of nitrogens with zero attached hydrogens (tertiary/aromatic N) is 1. The van der Waals surface area contributed by atoms with Crippen molar-refractivity contribution in [2.24, 2.45) is 0 Å². The van der Waals surface area contributed by atoms with Gasteiger partial charge in [-0.1, -0.05) is 288 Å². The number of unbranched alkanes of at least 4 members (excludes halogenated alkanes) is 23. The summed E-state index contributed by atoms with van der Waals surface area (Å²) < 4.78 is 23.4. The monoisotopic (exact) mass is 1140 g/mol.